The predicted molar refractivity (Wildman–Crippen MR) is 95.0 cm³/mol. The Kier molecular flexibility index (Phi) is 4.84. The molecule has 0 radical (unpaired) electrons. The van der Waals surface area contributed by atoms with Gasteiger partial charge in [0.2, 0.25) is 5.91 Å². The van der Waals surface area contributed by atoms with Gasteiger partial charge < -0.3 is 5.32 Å². The van der Waals surface area contributed by atoms with E-state index in [9.17, 15) is 9.18 Å². The topological polar surface area (TPSA) is 42.0 Å². The number of thiazole rings is 1. The average molecular weight is 367 g/mol. The first kappa shape index (κ1) is 16.2. The summed E-state index contributed by atoms with van der Waals surface area (Å²) < 4.78 is 14.9. The van der Waals surface area contributed by atoms with Gasteiger partial charge in [-0.15, -0.1) is 11.3 Å². The molecule has 3 rings (SSSR count). The van der Waals surface area contributed by atoms with Crippen molar-refractivity contribution in [2.75, 3.05) is 5.32 Å². The van der Waals surface area contributed by atoms with Crippen molar-refractivity contribution in [3.63, 3.8) is 0 Å². The van der Waals surface area contributed by atoms with E-state index in [2.05, 4.69) is 10.3 Å². The van der Waals surface area contributed by atoms with Gasteiger partial charge >= 0.3 is 0 Å². The van der Waals surface area contributed by atoms with Crippen LogP contribution in [-0.2, 0) is 4.79 Å². The van der Waals surface area contributed by atoms with Crippen LogP contribution in [0.15, 0.2) is 46.8 Å². The third kappa shape index (κ3) is 3.83. The number of aromatic nitrogens is 1. The second-order valence-electron chi connectivity index (χ2n) is 4.82. The first-order chi connectivity index (χ1) is 11.0. The molecule has 0 spiro atoms. The summed E-state index contributed by atoms with van der Waals surface area (Å²) in [4.78, 5) is 16.8. The number of hydrogen-bond donors (Lipinski definition) is 1. The monoisotopic (exact) mass is 366 g/mol. The van der Waals surface area contributed by atoms with E-state index >= 15 is 0 Å². The van der Waals surface area contributed by atoms with Crippen LogP contribution in [0.5, 0.6) is 0 Å². The predicted octanol–water partition coefficient (Wildman–Crippen LogP) is 5.21. The van der Waals surface area contributed by atoms with Crippen molar-refractivity contribution >= 4 is 56.5 Å². The maximum absolute atomic E-state index is 13.0. The Morgan fingerprint density at radius 2 is 2.13 bits per heavy atom. The van der Waals surface area contributed by atoms with Crippen LogP contribution in [0.2, 0.25) is 5.02 Å². The third-order valence-electron chi connectivity index (χ3n) is 3.11. The minimum atomic E-state index is -0.440. The molecule has 0 unspecified atom stereocenters. The lowest BCUT2D eigenvalue weighted by molar-refractivity contribution is -0.115. The zero-order valence-electron chi connectivity index (χ0n) is 12.0. The molecule has 0 aliphatic carbocycles. The summed E-state index contributed by atoms with van der Waals surface area (Å²) >= 11 is 8.85. The molecule has 1 atom stereocenters. The van der Waals surface area contributed by atoms with Crippen molar-refractivity contribution in [2.45, 2.75) is 16.5 Å². The SMILES string of the molecule is C[C@@H](Sc1nc2ccccc2s1)C(=O)Nc1ccc(F)cc1Cl. The molecule has 1 N–H and O–H groups in total. The Balaban J connectivity index is 1.69. The quantitative estimate of drug-likeness (QED) is 0.644. The highest BCUT2D eigenvalue weighted by Crippen LogP contribution is 2.32. The van der Waals surface area contributed by atoms with Gasteiger partial charge in [0.05, 0.1) is 26.2 Å². The Morgan fingerprint density at radius 3 is 2.87 bits per heavy atom. The highest BCUT2D eigenvalue weighted by Gasteiger charge is 2.18. The molecule has 0 saturated heterocycles. The zero-order chi connectivity index (χ0) is 16.4. The molecule has 2 aromatic carbocycles. The number of rotatable bonds is 4. The van der Waals surface area contributed by atoms with E-state index in [-0.39, 0.29) is 16.2 Å². The van der Waals surface area contributed by atoms with Crippen LogP contribution >= 0.6 is 34.7 Å². The van der Waals surface area contributed by atoms with E-state index in [1.807, 2.05) is 24.3 Å². The highest BCUT2D eigenvalue weighted by atomic mass is 35.5. The maximum Gasteiger partial charge on any atom is 0.237 e. The number of carbonyl (C=O) groups is 1. The van der Waals surface area contributed by atoms with Gasteiger partial charge in [0, 0.05) is 0 Å². The standard InChI is InChI=1S/C16H12ClFN2OS2/c1-9(15(21)19-12-7-6-10(18)8-11(12)17)22-16-20-13-4-2-3-5-14(13)23-16/h2-9H,1H3,(H,19,21)/t9-/m1/s1. The minimum Gasteiger partial charge on any atom is -0.324 e. The van der Waals surface area contributed by atoms with Crippen LogP contribution in [0, 0.1) is 5.82 Å². The van der Waals surface area contributed by atoms with Crippen LogP contribution < -0.4 is 5.32 Å². The fraction of sp³-hybridized carbons (Fsp3) is 0.125. The van der Waals surface area contributed by atoms with E-state index in [0.717, 1.165) is 14.6 Å². The second kappa shape index (κ2) is 6.86. The molecule has 3 aromatic rings. The zero-order valence-corrected chi connectivity index (χ0v) is 14.4. The van der Waals surface area contributed by atoms with Crippen LogP contribution in [0.4, 0.5) is 10.1 Å². The van der Waals surface area contributed by atoms with Gasteiger partial charge in [-0.1, -0.05) is 35.5 Å². The van der Waals surface area contributed by atoms with Gasteiger partial charge in [0.25, 0.3) is 0 Å². The summed E-state index contributed by atoms with van der Waals surface area (Å²) in [6.45, 7) is 1.80. The normalized spacial score (nSPS) is 12.3. The van der Waals surface area contributed by atoms with E-state index in [1.165, 1.54) is 30.0 Å². The van der Waals surface area contributed by atoms with Crippen molar-refractivity contribution in [2.24, 2.45) is 0 Å². The lowest BCUT2D eigenvalue weighted by Gasteiger charge is -2.11. The number of carbonyl (C=O) groups excluding carboxylic acids is 1. The largest absolute Gasteiger partial charge is 0.324 e. The first-order valence-corrected chi connectivity index (χ1v) is 8.88. The van der Waals surface area contributed by atoms with E-state index in [0.29, 0.717) is 5.69 Å². The number of halogens is 2. The van der Waals surface area contributed by atoms with E-state index in [1.54, 1.807) is 18.3 Å². The number of nitrogens with one attached hydrogen (secondary N) is 1. The Bertz CT molecular complexity index is 835. The van der Waals surface area contributed by atoms with Gasteiger partial charge in [0.15, 0.2) is 4.34 Å². The number of anilines is 1. The fourth-order valence-corrected chi connectivity index (χ4v) is 4.36. The van der Waals surface area contributed by atoms with Crippen molar-refractivity contribution in [3.05, 3.63) is 53.3 Å². The summed E-state index contributed by atoms with van der Waals surface area (Å²) in [5.41, 5.74) is 1.32. The molecular formula is C16H12ClFN2OS2. The lowest BCUT2D eigenvalue weighted by Crippen LogP contribution is -2.22. The molecule has 0 bridgehead atoms. The molecule has 1 heterocycles. The summed E-state index contributed by atoms with van der Waals surface area (Å²) in [6, 6.07) is 11.7. The number of amides is 1. The molecule has 7 heteroatoms. The number of nitrogens with zero attached hydrogens (tertiary/aromatic N) is 1. The molecule has 0 aliphatic heterocycles. The molecule has 0 fully saturated rings. The number of thioether (sulfide) groups is 1. The summed E-state index contributed by atoms with van der Waals surface area (Å²) in [5.74, 6) is -0.646. The van der Waals surface area contributed by atoms with Gasteiger partial charge in [0.1, 0.15) is 5.82 Å². The highest BCUT2D eigenvalue weighted by molar-refractivity contribution is 8.02. The number of hydrogen-bond acceptors (Lipinski definition) is 4. The van der Waals surface area contributed by atoms with Gasteiger partial charge in [-0.05, 0) is 37.3 Å². The summed E-state index contributed by atoms with van der Waals surface area (Å²) in [6.07, 6.45) is 0. The van der Waals surface area contributed by atoms with Crippen LogP contribution in [0.3, 0.4) is 0 Å². The molecule has 1 aromatic heterocycles. The van der Waals surface area contributed by atoms with Crippen molar-refractivity contribution < 1.29 is 9.18 Å². The van der Waals surface area contributed by atoms with Gasteiger partial charge in [-0.25, -0.2) is 9.37 Å². The molecule has 0 aliphatic rings. The fourth-order valence-electron chi connectivity index (χ4n) is 1.93. The number of fused-ring (bicyclic) bond motifs is 1. The molecule has 23 heavy (non-hydrogen) atoms. The summed E-state index contributed by atoms with van der Waals surface area (Å²) in [7, 11) is 0. The Labute approximate surface area is 145 Å². The maximum atomic E-state index is 13.0. The molecule has 1 amide bonds. The van der Waals surface area contributed by atoms with Crippen LogP contribution in [-0.4, -0.2) is 16.1 Å². The van der Waals surface area contributed by atoms with Crippen molar-refractivity contribution in [1.29, 1.82) is 0 Å². The second-order valence-corrected chi connectivity index (χ2v) is 7.85. The smallest absolute Gasteiger partial charge is 0.237 e. The summed E-state index contributed by atoms with van der Waals surface area (Å²) in [5, 5.41) is 2.54. The molecular weight excluding hydrogens is 355 g/mol. The van der Waals surface area contributed by atoms with Crippen molar-refractivity contribution in [3.8, 4) is 0 Å². The molecule has 3 nitrogen and oxygen atoms in total. The number of benzene rings is 2. The van der Waals surface area contributed by atoms with E-state index < -0.39 is 5.82 Å². The average Bonchev–Trinajstić information content (AvgIpc) is 2.92. The van der Waals surface area contributed by atoms with Crippen molar-refractivity contribution in [1.82, 2.24) is 4.98 Å². The Morgan fingerprint density at radius 1 is 1.35 bits per heavy atom. The Hall–Kier alpha value is -1.63. The van der Waals surface area contributed by atoms with Gasteiger partial charge in [-0.3, -0.25) is 4.79 Å². The molecule has 118 valence electrons. The van der Waals surface area contributed by atoms with E-state index in [4.69, 9.17) is 11.6 Å². The molecule has 0 saturated carbocycles. The first-order valence-electron chi connectivity index (χ1n) is 6.81. The third-order valence-corrected chi connectivity index (χ3v) is 5.65. The van der Waals surface area contributed by atoms with Crippen LogP contribution in [0.1, 0.15) is 6.92 Å². The van der Waals surface area contributed by atoms with Crippen LogP contribution in [0.25, 0.3) is 10.2 Å². The number of para-hydroxylation sites is 1. The van der Waals surface area contributed by atoms with Gasteiger partial charge in [-0.2, -0.15) is 0 Å². The lowest BCUT2D eigenvalue weighted by atomic mass is 10.3. The minimum absolute atomic E-state index is 0.176.